The minimum Gasteiger partial charge on any atom is -0.392 e. The smallest absolute Gasteiger partial charge is 0.258 e. The Morgan fingerprint density at radius 3 is 2.92 bits per heavy atom. The highest BCUT2D eigenvalue weighted by atomic mass is 35.5. The van der Waals surface area contributed by atoms with Crippen LogP contribution in [0.3, 0.4) is 0 Å². The van der Waals surface area contributed by atoms with Gasteiger partial charge >= 0.3 is 0 Å². The number of aliphatic hydroxyl groups excluding tert-OH is 1. The highest BCUT2D eigenvalue weighted by Gasteiger charge is 2.26. The van der Waals surface area contributed by atoms with E-state index in [1.807, 2.05) is 18.3 Å². The molecule has 1 saturated heterocycles. The number of aromatic nitrogens is 1. The number of fused-ring (bicyclic) bond motifs is 1. The Morgan fingerprint density at radius 1 is 1.24 bits per heavy atom. The lowest BCUT2D eigenvalue weighted by Gasteiger charge is -2.29. The number of benzene rings is 1. The van der Waals surface area contributed by atoms with Crippen molar-refractivity contribution in [3.05, 3.63) is 58.4 Å². The summed E-state index contributed by atoms with van der Waals surface area (Å²) >= 11 is 6.03. The van der Waals surface area contributed by atoms with E-state index in [-0.39, 0.29) is 12.0 Å². The van der Waals surface area contributed by atoms with Crippen LogP contribution in [0, 0.1) is 0 Å². The van der Waals surface area contributed by atoms with Crippen LogP contribution in [0.15, 0.2) is 36.7 Å². The van der Waals surface area contributed by atoms with Crippen LogP contribution in [-0.2, 0) is 13.0 Å². The number of carbonyl (C=O) groups excluding carboxylic acids is 1. The normalized spacial score (nSPS) is 20.8. The minimum atomic E-state index is -0.233. The van der Waals surface area contributed by atoms with E-state index in [1.165, 1.54) is 0 Å². The van der Waals surface area contributed by atoms with Crippen LogP contribution in [0.25, 0.3) is 0 Å². The average Bonchev–Trinajstić information content (AvgIpc) is 3.00. The fourth-order valence-electron chi connectivity index (χ4n) is 3.63. The maximum Gasteiger partial charge on any atom is 0.258 e. The van der Waals surface area contributed by atoms with E-state index in [0.717, 1.165) is 42.7 Å². The predicted molar refractivity (Wildman–Crippen MR) is 97.0 cm³/mol. The summed E-state index contributed by atoms with van der Waals surface area (Å²) in [7, 11) is 0. The van der Waals surface area contributed by atoms with Crippen molar-refractivity contribution in [2.45, 2.75) is 25.5 Å². The van der Waals surface area contributed by atoms with Gasteiger partial charge in [0, 0.05) is 43.0 Å². The third kappa shape index (κ3) is 3.40. The Hall–Kier alpha value is -1.95. The molecule has 1 aromatic carbocycles. The largest absolute Gasteiger partial charge is 0.392 e. The standard InChI is InChI=1S/C19H20ClN3O2/c20-15-1-2-18-14(8-15)3-6-23(19(18)25)16-7-13(9-21-10-16)11-22-5-4-17(24)12-22/h1-2,7-10,17,24H,3-6,11-12H2/t17-/m1/s1. The first-order valence-electron chi connectivity index (χ1n) is 8.55. The second kappa shape index (κ2) is 6.75. The summed E-state index contributed by atoms with van der Waals surface area (Å²) in [6, 6.07) is 7.46. The third-order valence-corrected chi connectivity index (χ3v) is 5.13. The molecule has 0 unspecified atom stereocenters. The minimum absolute atomic E-state index is 0.00605. The Morgan fingerprint density at radius 2 is 2.12 bits per heavy atom. The van der Waals surface area contributed by atoms with E-state index in [9.17, 15) is 9.90 Å². The second-order valence-electron chi connectivity index (χ2n) is 6.74. The Bertz CT molecular complexity index is 811. The molecule has 130 valence electrons. The molecule has 0 bridgehead atoms. The number of pyridine rings is 1. The SMILES string of the molecule is O=C1c2ccc(Cl)cc2CCN1c1cncc(CN2CC[C@@H](O)C2)c1. The van der Waals surface area contributed by atoms with Crippen molar-refractivity contribution in [3.63, 3.8) is 0 Å². The van der Waals surface area contributed by atoms with Gasteiger partial charge in [-0.3, -0.25) is 14.7 Å². The lowest BCUT2D eigenvalue weighted by molar-refractivity contribution is 0.0980. The first kappa shape index (κ1) is 16.5. The van der Waals surface area contributed by atoms with E-state index >= 15 is 0 Å². The maximum atomic E-state index is 12.8. The Kier molecular flexibility index (Phi) is 4.46. The molecule has 1 atom stereocenters. The lowest BCUT2D eigenvalue weighted by Crippen LogP contribution is -2.37. The van der Waals surface area contributed by atoms with Gasteiger partial charge in [-0.15, -0.1) is 0 Å². The first-order chi connectivity index (χ1) is 12.1. The monoisotopic (exact) mass is 357 g/mol. The molecular formula is C19H20ClN3O2. The molecule has 2 aromatic rings. The highest BCUT2D eigenvalue weighted by molar-refractivity contribution is 6.30. The lowest BCUT2D eigenvalue weighted by atomic mass is 9.98. The summed E-state index contributed by atoms with van der Waals surface area (Å²) in [6.07, 6.45) is 4.93. The van der Waals surface area contributed by atoms with Crippen LogP contribution in [0.4, 0.5) is 5.69 Å². The van der Waals surface area contributed by atoms with Crippen molar-refractivity contribution >= 4 is 23.2 Å². The number of halogens is 1. The number of hydrogen-bond acceptors (Lipinski definition) is 4. The van der Waals surface area contributed by atoms with E-state index in [0.29, 0.717) is 23.7 Å². The van der Waals surface area contributed by atoms with E-state index < -0.39 is 0 Å². The number of rotatable bonds is 3. The molecule has 2 aliphatic rings. The van der Waals surface area contributed by atoms with Gasteiger partial charge in [-0.2, -0.15) is 0 Å². The van der Waals surface area contributed by atoms with Crippen LogP contribution in [0.2, 0.25) is 5.02 Å². The Labute approximate surface area is 151 Å². The van der Waals surface area contributed by atoms with Gasteiger partial charge in [-0.25, -0.2) is 0 Å². The molecule has 0 radical (unpaired) electrons. The molecule has 1 N–H and O–H groups in total. The summed E-state index contributed by atoms with van der Waals surface area (Å²) in [5.74, 6) is -0.00605. The maximum absolute atomic E-state index is 12.8. The van der Waals surface area contributed by atoms with Crippen LogP contribution >= 0.6 is 11.6 Å². The summed E-state index contributed by atoms with van der Waals surface area (Å²) in [6.45, 7) is 2.95. The summed E-state index contributed by atoms with van der Waals surface area (Å²) in [5.41, 5.74) is 3.59. The number of hydrogen-bond donors (Lipinski definition) is 1. The van der Waals surface area contributed by atoms with Crippen LogP contribution in [0.5, 0.6) is 0 Å². The van der Waals surface area contributed by atoms with E-state index in [1.54, 1.807) is 23.2 Å². The van der Waals surface area contributed by atoms with Gasteiger partial charge < -0.3 is 10.0 Å². The number of aliphatic hydroxyl groups is 1. The first-order valence-corrected chi connectivity index (χ1v) is 8.92. The molecule has 1 amide bonds. The molecule has 1 fully saturated rings. The van der Waals surface area contributed by atoms with Crippen molar-refractivity contribution in [2.24, 2.45) is 0 Å². The predicted octanol–water partition coefficient (Wildman–Crippen LogP) is 2.50. The number of amides is 1. The summed E-state index contributed by atoms with van der Waals surface area (Å²) < 4.78 is 0. The molecule has 1 aromatic heterocycles. The van der Waals surface area contributed by atoms with Gasteiger partial charge in [0.2, 0.25) is 0 Å². The number of likely N-dealkylation sites (tertiary alicyclic amines) is 1. The number of anilines is 1. The van der Waals surface area contributed by atoms with E-state index in [2.05, 4.69) is 9.88 Å². The van der Waals surface area contributed by atoms with Crippen molar-refractivity contribution < 1.29 is 9.90 Å². The molecule has 0 aliphatic carbocycles. The summed E-state index contributed by atoms with van der Waals surface area (Å²) in [4.78, 5) is 21.2. The van der Waals surface area contributed by atoms with Crippen molar-refractivity contribution in [1.29, 1.82) is 0 Å². The molecule has 6 heteroatoms. The van der Waals surface area contributed by atoms with Crippen LogP contribution in [-0.4, -0.2) is 46.6 Å². The number of nitrogens with zero attached hydrogens (tertiary/aromatic N) is 3. The van der Waals surface area contributed by atoms with Crippen molar-refractivity contribution in [1.82, 2.24) is 9.88 Å². The molecule has 25 heavy (non-hydrogen) atoms. The fraction of sp³-hybridized carbons (Fsp3) is 0.368. The zero-order valence-electron chi connectivity index (χ0n) is 13.9. The zero-order chi connectivity index (χ0) is 17.4. The fourth-order valence-corrected chi connectivity index (χ4v) is 3.82. The van der Waals surface area contributed by atoms with Crippen LogP contribution in [0.1, 0.15) is 27.9 Å². The highest BCUT2D eigenvalue weighted by Crippen LogP contribution is 2.27. The van der Waals surface area contributed by atoms with Gasteiger partial charge in [0.15, 0.2) is 0 Å². The molecular weight excluding hydrogens is 338 g/mol. The van der Waals surface area contributed by atoms with Gasteiger partial charge in [0.1, 0.15) is 0 Å². The molecule has 5 nitrogen and oxygen atoms in total. The van der Waals surface area contributed by atoms with Crippen molar-refractivity contribution in [3.8, 4) is 0 Å². The average molecular weight is 358 g/mol. The molecule has 0 saturated carbocycles. The van der Waals surface area contributed by atoms with Gasteiger partial charge in [0.25, 0.3) is 5.91 Å². The van der Waals surface area contributed by atoms with Gasteiger partial charge in [0.05, 0.1) is 18.0 Å². The quantitative estimate of drug-likeness (QED) is 0.917. The van der Waals surface area contributed by atoms with Crippen LogP contribution < -0.4 is 4.90 Å². The van der Waals surface area contributed by atoms with E-state index in [4.69, 9.17) is 11.6 Å². The van der Waals surface area contributed by atoms with Gasteiger partial charge in [-0.05, 0) is 48.2 Å². The molecule has 3 heterocycles. The second-order valence-corrected chi connectivity index (χ2v) is 7.17. The Balaban J connectivity index is 1.55. The number of carbonyl (C=O) groups is 1. The molecule has 4 rings (SSSR count). The molecule has 2 aliphatic heterocycles. The molecule has 0 spiro atoms. The third-order valence-electron chi connectivity index (χ3n) is 4.89. The number of β-amino-alcohol motifs (C(OH)–C–C–N with tert-alkyl or cyclic N) is 1. The zero-order valence-corrected chi connectivity index (χ0v) is 14.6. The van der Waals surface area contributed by atoms with Crippen molar-refractivity contribution in [2.75, 3.05) is 24.5 Å². The summed E-state index contributed by atoms with van der Waals surface area (Å²) in [5, 5.41) is 10.3. The van der Waals surface area contributed by atoms with Gasteiger partial charge in [-0.1, -0.05) is 11.6 Å². The topological polar surface area (TPSA) is 56.7 Å².